The standard InChI is InChI=1S/C20H20N2O2S/c1-22(17-7-4-3-5-8-17)21-14-16-10-11-19(20(13-16)23-2)24-15-18-9-6-12-25-18/h3-14H,15H2,1-2H3/b21-14-. The number of para-hydroxylation sites is 1. The normalized spacial score (nSPS) is 10.8. The third-order valence-electron chi connectivity index (χ3n) is 3.65. The van der Waals surface area contributed by atoms with Crippen molar-refractivity contribution in [2.75, 3.05) is 19.2 Å². The second kappa shape index (κ2) is 8.35. The van der Waals surface area contributed by atoms with Crippen LogP contribution in [0.4, 0.5) is 5.69 Å². The van der Waals surface area contributed by atoms with E-state index in [1.165, 1.54) is 4.88 Å². The molecule has 3 aromatic rings. The molecule has 0 unspecified atom stereocenters. The van der Waals surface area contributed by atoms with Gasteiger partial charge >= 0.3 is 0 Å². The van der Waals surface area contributed by atoms with Gasteiger partial charge in [-0.3, -0.25) is 5.01 Å². The van der Waals surface area contributed by atoms with Crippen LogP contribution in [0.15, 0.2) is 71.1 Å². The van der Waals surface area contributed by atoms with E-state index in [-0.39, 0.29) is 0 Å². The molecule has 0 saturated heterocycles. The molecule has 0 saturated carbocycles. The number of hydrogen-bond acceptors (Lipinski definition) is 5. The van der Waals surface area contributed by atoms with E-state index >= 15 is 0 Å². The van der Waals surface area contributed by atoms with Crippen LogP contribution >= 0.6 is 11.3 Å². The number of hydrogen-bond donors (Lipinski definition) is 0. The first kappa shape index (κ1) is 17.0. The number of anilines is 1. The summed E-state index contributed by atoms with van der Waals surface area (Å²) in [4.78, 5) is 1.18. The quantitative estimate of drug-likeness (QED) is 0.452. The SMILES string of the molecule is COc1cc(/C=N\N(C)c2ccccc2)ccc1OCc1cccs1. The summed E-state index contributed by atoms with van der Waals surface area (Å²) >= 11 is 1.68. The van der Waals surface area contributed by atoms with Gasteiger partial charge in [-0.1, -0.05) is 24.3 Å². The summed E-state index contributed by atoms with van der Waals surface area (Å²) in [6.07, 6.45) is 1.80. The van der Waals surface area contributed by atoms with E-state index in [1.54, 1.807) is 24.7 Å². The molecule has 0 radical (unpaired) electrons. The maximum Gasteiger partial charge on any atom is 0.161 e. The predicted octanol–water partition coefficient (Wildman–Crippen LogP) is 4.81. The van der Waals surface area contributed by atoms with Gasteiger partial charge in [0.05, 0.1) is 19.0 Å². The summed E-state index contributed by atoms with van der Waals surface area (Å²) in [5.74, 6) is 1.42. The molecule has 5 heteroatoms. The van der Waals surface area contributed by atoms with E-state index in [0.29, 0.717) is 12.4 Å². The van der Waals surface area contributed by atoms with Gasteiger partial charge in [-0.15, -0.1) is 11.3 Å². The number of hydrazone groups is 1. The van der Waals surface area contributed by atoms with Crippen LogP contribution in [0.2, 0.25) is 0 Å². The summed E-state index contributed by atoms with van der Waals surface area (Å²) in [5, 5.41) is 8.34. The van der Waals surface area contributed by atoms with E-state index in [0.717, 1.165) is 17.0 Å². The van der Waals surface area contributed by atoms with Gasteiger partial charge in [0.2, 0.25) is 0 Å². The largest absolute Gasteiger partial charge is 0.493 e. The fourth-order valence-corrected chi connectivity index (χ4v) is 2.91. The first-order chi connectivity index (χ1) is 12.3. The lowest BCUT2D eigenvalue weighted by atomic mass is 10.2. The minimum atomic E-state index is 0.540. The van der Waals surface area contributed by atoms with Gasteiger partial charge in [0.15, 0.2) is 11.5 Å². The van der Waals surface area contributed by atoms with Crippen molar-refractivity contribution in [3.63, 3.8) is 0 Å². The van der Waals surface area contributed by atoms with Gasteiger partial charge in [-0.05, 0) is 47.3 Å². The zero-order valence-corrected chi connectivity index (χ0v) is 15.1. The Morgan fingerprint density at radius 1 is 1.04 bits per heavy atom. The minimum Gasteiger partial charge on any atom is -0.493 e. The molecule has 2 aromatic carbocycles. The Labute approximate surface area is 151 Å². The molecule has 25 heavy (non-hydrogen) atoms. The van der Waals surface area contributed by atoms with Gasteiger partial charge in [0.25, 0.3) is 0 Å². The zero-order chi connectivity index (χ0) is 17.5. The second-order valence-corrected chi connectivity index (χ2v) is 6.41. The molecule has 1 aromatic heterocycles. The molecule has 0 spiro atoms. The lowest BCUT2D eigenvalue weighted by Crippen LogP contribution is -2.08. The highest BCUT2D eigenvalue weighted by Crippen LogP contribution is 2.29. The Hall–Kier alpha value is -2.79. The van der Waals surface area contributed by atoms with E-state index in [1.807, 2.05) is 72.0 Å². The third-order valence-corrected chi connectivity index (χ3v) is 4.50. The number of thiophene rings is 1. The first-order valence-corrected chi connectivity index (χ1v) is 8.80. The van der Waals surface area contributed by atoms with Crippen molar-refractivity contribution in [1.29, 1.82) is 0 Å². The number of methoxy groups -OCH3 is 1. The summed E-state index contributed by atoms with van der Waals surface area (Å²) in [6, 6.07) is 19.9. The monoisotopic (exact) mass is 352 g/mol. The predicted molar refractivity (Wildman–Crippen MR) is 104 cm³/mol. The molecule has 0 atom stereocenters. The van der Waals surface area contributed by atoms with Crippen LogP contribution in [-0.4, -0.2) is 20.4 Å². The highest BCUT2D eigenvalue weighted by atomic mass is 32.1. The molecule has 0 aliphatic heterocycles. The number of ether oxygens (including phenoxy) is 2. The van der Waals surface area contributed by atoms with Gasteiger partial charge in [-0.2, -0.15) is 5.10 Å². The average Bonchev–Trinajstić information content (AvgIpc) is 3.19. The number of nitrogens with zero attached hydrogens (tertiary/aromatic N) is 2. The Bertz CT molecular complexity index is 817. The van der Waals surface area contributed by atoms with Crippen molar-refractivity contribution in [2.45, 2.75) is 6.61 Å². The lowest BCUT2D eigenvalue weighted by Gasteiger charge is -2.13. The number of rotatable bonds is 7. The number of benzene rings is 2. The Morgan fingerprint density at radius 3 is 2.60 bits per heavy atom. The molecule has 0 fully saturated rings. The molecular weight excluding hydrogens is 332 g/mol. The van der Waals surface area contributed by atoms with Crippen molar-refractivity contribution in [3.8, 4) is 11.5 Å². The molecular formula is C20H20N2O2S. The summed E-state index contributed by atoms with van der Waals surface area (Å²) in [6.45, 7) is 0.540. The van der Waals surface area contributed by atoms with Crippen LogP contribution < -0.4 is 14.5 Å². The second-order valence-electron chi connectivity index (χ2n) is 5.38. The topological polar surface area (TPSA) is 34.1 Å². The summed E-state index contributed by atoms with van der Waals surface area (Å²) < 4.78 is 11.3. The Morgan fingerprint density at radius 2 is 1.88 bits per heavy atom. The summed E-state index contributed by atoms with van der Waals surface area (Å²) in [5.41, 5.74) is 1.98. The molecule has 128 valence electrons. The van der Waals surface area contributed by atoms with E-state index in [2.05, 4.69) is 11.2 Å². The molecule has 0 aliphatic carbocycles. The Kier molecular flexibility index (Phi) is 5.69. The van der Waals surface area contributed by atoms with Crippen LogP contribution in [0.5, 0.6) is 11.5 Å². The Balaban J connectivity index is 1.69. The van der Waals surface area contributed by atoms with E-state index in [9.17, 15) is 0 Å². The highest BCUT2D eigenvalue weighted by Gasteiger charge is 2.06. The van der Waals surface area contributed by atoms with Gasteiger partial charge in [0, 0.05) is 11.9 Å². The van der Waals surface area contributed by atoms with Crippen LogP contribution in [0.3, 0.4) is 0 Å². The molecule has 0 N–H and O–H groups in total. The lowest BCUT2D eigenvalue weighted by molar-refractivity contribution is 0.287. The van der Waals surface area contributed by atoms with Gasteiger partial charge < -0.3 is 9.47 Å². The minimum absolute atomic E-state index is 0.540. The van der Waals surface area contributed by atoms with Crippen molar-refractivity contribution >= 4 is 23.2 Å². The molecule has 3 rings (SSSR count). The fraction of sp³-hybridized carbons (Fsp3) is 0.150. The van der Waals surface area contributed by atoms with E-state index < -0.39 is 0 Å². The molecule has 4 nitrogen and oxygen atoms in total. The smallest absolute Gasteiger partial charge is 0.161 e. The van der Waals surface area contributed by atoms with Crippen LogP contribution in [0.1, 0.15) is 10.4 Å². The van der Waals surface area contributed by atoms with Gasteiger partial charge in [-0.25, -0.2) is 0 Å². The third kappa shape index (κ3) is 4.61. The molecule has 0 amide bonds. The van der Waals surface area contributed by atoms with Crippen molar-refractivity contribution < 1.29 is 9.47 Å². The molecule has 1 heterocycles. The van der Waals surface area contributed by atoms with Crippen LogP contribution in [0.25, 0.3) is 0 Å². The van der Waals surface area contributed by atoms with Crippen LogP contribution in [-0.2, 0) is 6.61 Å². The van der Waals surface area contributed by atoms with Crippen molar-refractivity contribution in [1.82, 2.24) is 0 Å². The average molecular weight is 352 g/mol. The maximum atomic E-state index is 5.85. The van der Waals surface area contributed by atoms with Crippen molar-refractivity contribution in [2.24, 2.45) is 5.10 Å². The summed E-state index contributed by atoms with van der Waals surface area (Å²) in [7, 11) is 3.56. The van der Waals surface area contributed by atoms with Gasteiger partial charge in [0.1, 0.15) is 6.61 Å². The van der Waals surface area contributed by atoms with Crippen LogP contribution in [0, 0.1) is 0 Å². The highest BCUT2D eigenvalue weighted by molar-refractivity contribution is 7.09. The fourth-order valence-electron chi connectivity index (χ4n) is 2.29. The van der Waals surface area contributed by atoms with Crippen molar-refractivity contribution in [3.05, 3.63) is 76.5 Å². The first-order valence-electron chi connectivity index (χ1n) is 7.92. The zero-order valence-electron chi connectivity index (χ0n) is 14.3. The molecule has 0 aliphatic rings. The maximum absolute atomic E-state index is 5.85. The molecule has 0 bridgehead atoms. The van der Waals surface area contributed by atoms with E-state index in [4.69, 9.17) is 9.47 Å².